The highest BCUT2D eigenvalue weighted by molar-refractivity contribution is 5.77. The van der Waals surface area contributed by atoms with Crippen molar-refractivity contribution in [1.29, 1.82) is 0 Å². The van der Waals surface area contributed by atoms with E-state index in [1.54, 1.807) is 7.05 Å². The van der Waals surface area contributed by atoms with Crippen LogP contribution >= 0.6 is 0 Å². The van der Waals surface area contributed by atoms with Gasteiger partial charge in [0.2, 0.25) is 0 Å². The number of unbranched alkanes of at least 4 members (excludes halogenated alkanes) is 1. The normalized spacial score (nSPS) is 12.5. The standard InChI is InChI=1S/C14H18F3NO3/c1-18(5-3-4-6-19)13(14(20)21-2)9-7-10(15)12(17)11(16)8-9/h7-8,13,19H,3-6H2,1-2H3. The molecule has 0 spiro atoms. The number of methoxy groups -OCH3 is 1. The van der Waals surface area contributed by atoms with E-state index in [1.807, 2.05) is 0 Å². The largest absolute Gasteiger partial charge is 0.468 e. The van der Waals surface area contributed by atoms with Gasteiger partial charge in [0, 0.05) is 6.61 Å². The summed E-state index contributed by atoms with van der Waals surface area (Å²) in [5, 5.41) is 8.74. The first-order chi connectivity index (χ1) is 9.92. The van der Waals surface area contributed by atoms with Crippen LogP contribution in [-0.2, 0) is 9.53 Å². The van der Waals surface area contributed by atoms with Crippen molar-refractivity contribution in [3.63, 3.8) is 0 Å². The molecule has 1 atom stereocenters. The van der Waals surface area contributed by atoms with E-state index in [9.17, 15) is 18.0 Å². The average Bonchev–Trinajstić information content (AvgIpc) is 2.45. The summed E-state index contributed by atoms with van der Waals surface area (Å²) < 4.78 is 44.3. The number of rotatable bonds is 7. The highest BCUT2D eigenvalue weighted by Gasteiger charge is 2.28. The summed E-state index contributed by atoms with van der Waals surface area (Å²) in [4.78, 5) is 13.4. The van der Waals surface area contributed by atoms with E-state index in [4.69, 9.17) is 5.11 Å². The van der Waals surface area contributed by atoms with E-state index in [-0.39, 0.29) is 12.2 Å². The van der Waals surface area contributed by atoms with Gasteiger partial charge in [-0.2, -0.15) is 0 Å². The van der Waals surface area contributed by atoms with E-state index >= 15 is 0 Å². The first-order valence-corrected chi connectivity index (χ1v) is 6.45. The number of carbonyl (C=O) groups is 1. The Bertz CT molecular complexity index is 473. The lowest BCUT2D eigenvalue weighted by Crippen LogP contribution is -2.33. The number of aliphatic hydroxyl groups excluding tert-OH is 1. The summed E-state index contributed by atoms with van der Waals surface area (Å²) >= 11 is 0. The van der Waals surface area contributed by atoms with Crippen LogP contribution in [0.15, 0.2) is 12.1 Å². The quantitative estimate of drug-likeness (QED) is 0.476. The molecule has 1 N–H and O–H groups in total. The Labute approximate surface area is 121 Å². The maximum Gasteiger partial charge on any atom is 0.327 e. The zero-order chi connectivity index (χ0) is 16.0. The number of likely N-dealkylation sites (N-methyl/N-ethyl adjacent to an activating group) is 1. The number of carbonyl (C=O) groups excluding carboxylic acids is 1. The van der Waals surface area contributed by atoms with Crippen LogP contribution in [0.3, 0.4) is 0 Å². The molecular weight excluding hydrogens is 287 g/mol. The van der Waals surface area contributed by atoms with Crippen molar-refractivity contribution in [3.05, 3.63) is 35.1 Å². The van der Waals surface area contributed by atoms with Gasteiger partial charge in [0.05, 0.1) is 7.11 Å². The van der Waals surface area contributed by atoms with E-state index in [0.717, 1.165) is 19.2 Å². The number of aliphatic hydroxyl groups is 1. The van der Waals surface area contributed by atoms with E-state index in [1.165, 1.54) is 4.90 Å². The van der Waals surface area contributed by atoms with Crippen molar-refractivity contribution in [3.8, 4) is 0 Å². The minimum absolute atomic E-state index is 0.0105. The van der Waals surface area contributed by atoms with E-state index in [2.05, 4.69) is 4.74 Å². The van der Waals surface area contributed by atoms with Crippen LogP contribution in [0.4, 0.5) is 13.2 Å². The molecule has 0 aromatic heterocycles. The van der Waals surface area contributed by atoms with Crippen molar-refractivity contribution in [2.45, 2.75) is 18.9 Å². The number of ether oxygens (including phenoxy) is 1. The first kappa shape index (κ1) is 17.5. The fourth-order valence-electron chi connectivity index (χ4n) is 2.02. The molecule has 0 aliphatic heterocycles. The number of esters is 1. The topological polar surface area (TPSA) is 49.8 Å². The van der Waals surface area contributed by atoms with Gasteiger partial charge < -0.3 is 9.84 Å². The van der Waals surface area contributed by atoms with Crippen LogP contribution in [0.2, 0.25) is 0 Å². The molecule has 1 aromatic carbocycles. The third kappa shape index (κ3) is 4.44. The first-order valence-electron chi connectivity index (χ1n) is 6.45. The Kier molecular flexibility index (Phi) is 6.64. The van der Waals surface area contributed by atoms with Crippen molar-refractivity contribution in [1.82, 2.24) is 4.90 Å². The SMILES string of the molecule is COC(=O)C(c1cc(F)c(F)c(F)c1)N(C)CCCCO. The Morgan fingerprint density at radius 3 is 2.33 bits per heavy atom. The van der Waals surface area contributed by atoms with Gasteiger partial charge in [-0.1, -0.05) is 0 Å². The molecule has 0 radical (unpaired) electrons. The summed E-state index contributed by atoms with van der Waals surface area (Å²) in [6.07, 6.45) is 1.12. The molecule has 0 bridgehead atoms. The smallest absolute Gasteiger partial charge is 0.327 e. The molecular formula is C14H18F3NO3. The monoisotopic (exact) mass is 305 g/mol. The Morgan fingerprint density at radius 2 is 1.86 bits per heavy atom. The van der Waals surface area contributed by atoms with Crippen molar-refractivity contribution >= 4 is 5.97 Å². The molecule has 1 aromatic rings. The number of hydrogen-bond donors (Lipinski definition) is 1. The number of nitrogens with zero attached hydrogens (tertiary/aromatic N) is 1. The molecule has 0 heterocycles. The van der Waals surface area contributed by atoms with Crippen LogP contribution in [0.1, 0.15) is 24.4 Å². The van der Waals surface area contributed by atoms with Crippen LogP contribution in [0.5, 0.6) is 0 Å². The molecule has 1 rings (SSSR count). The molecule has 1 unspecified atom stereocenters. The molecule has 21 heavy (non-hydrogen) atoms. The highest BCUT2D eigenvalue weighted by Crippen LogP contribution is 2.25. The van der Waals surface area contributed by atoms with Crippen LogP contribution in [-0.4, -0.2) is 43.3 Å². The summed E-state index contributed by atoms with van der Waals surface area (Å²) in [6, 6.07) is 0.517. The second-order valence-electron chi connectivity index (χ2n) is 4.64. The molecule has 118 valence electrons. The maximum absolute atomic E-state index is 13.3. The van der Waals surface area contributed by atoms with Gasteiger partial charge in [-0.25, -0.2) is 18.0 Å². The molecule has 0 amide bonds. The summed E-state index contributed by atoms with van der Waals surface area (Å²) in [6.45, 7) is 0.414. The summed E-state index contributed by atoms with van der Waals surface area (Å²) in [5.41, 5.74) is -0.0234. The number of halogens is 3. The van der Waals surface area contributed by atoms with Gasteiger partial charge in [-0.3, -0.25) is 4.90 Å². The van der Waals surface area contributed by atoms with Gasteiger partial charge >= 0.3 is 5.97 Å². The van der Waals surface area contributed by atoms with Crippen LogP contribution in [0, 0.1) is 17.5 Å². The zero-order valence-electron chi connectivity index (χ0n) is 11.9. The molecule has 0 saturated heterocycles. The molecule has 0 aliphatic rings. The third-order valence-electron chi connectivity index (χ3n) is 3.11. The van der Waals surface area contributed by atoms with Gasteiger partial charge in [-0.15, -0.1) is 0 Å². The zero-order valence-corrected chi connectivity index (χ0v) is 11.9. The second-order valence-corrected chi connectivity index (χ2v) is 4.64. The summed E-state index contributed by atoms with van der Waals surface area (Å²) in [7, 11) is 2.74. The van der Waals surface area contributed by atoms with Crippen molar-refractivity contribution in [2.24, 2.45) is 0 Å². The van der Waals surface area contributed by atoms with Gasteiger partial charge in [-0.05, 0) is 44.1 Å². The maximum atomic E-state index is 13.3. The third-order valence-corrected chi connectivity index (χ3v) is 3.11. The Hall–Kier alpha value is -1.60. The molecule has 0 fully saturated rings. The highest BCUT2D eigenvalue weighted by atomic mass is 19.2. The minimum atomic E-state index is -1.58. The Balaban J connectivity index is 3.05. The lowest BCUT2D eigenvalue weighted by molar-refractivity contribution is -0.146. The fraction of sp³-hybridized carbons (Fsp3) is 0.500. The predicted molar refractivity (Wildman–Crippen MR) is 70.0 cm³/mol. The number of hydrogen-bond acceptors (Lipinski definition) is 4. The molecule has 7 heteroatoms. The van der Waals surface area contributed by atoms with Gasteiger partial charge in [0.1, 0.15) is 6.04 Å². The lowest BCUT2D eigenvalue weighted by Gasteiger charge is -2.26. The predicted octanol–water partition coefficient (Wildman–Crippen LogP) is 2.02. The number of benzene rings is 1. The van der Waals surface area contributed by atoms with E-state index in [0.29, 0.717) is 19.4 Å². The molecule has 0 aliphatic carbocycles. The average molecular weight is 305 g/mol. The van der Waals surface area contributed by atoms with Crippen LogP contribution in [0.25, 0.3) is 0 Å². The van der Waals surface area contributed by atoms with Crippen molar-refractivity contribution in [2.75, 3.05) is 27.3 Å². The second kappa shape index (κ2) is 7.99. The molecule has 0 saturated carbocycles. The van der Waals surface area contributed by atoms with E-state index < -0.39 is 29.5 Å². The minimum Gasteiger partial charge on any atom is -0.468 e. The van der Waals surface area contributed by atoms with Crippen molar-refractivity contribution < 1.29 is 27.8 Å². The lowest BCUT2D eigenvalue weighted by atomic mass is 10.0. The van der Waals surface area contributed by atoms with Crippen LogP contribution < -0.4 is 0 Å². The van der Waals surface area contributed by atoms with Gasteiger partial charge in [0.25, 0.3) is 0 Å². The Morgan fingerprint density at radius 1 is 1.29 bits per heavy atom. The fourth-order valence-corrected chi connectivity index (χ4v) is 2.02. The summed E-state index contributed by atoms with van der Waals surface area (Å²) in [5.74, 6) is -5.00. The van der Waals surface area contributed by atoms with Gasteiger partial charge in [0.15, 0.2) is 17.5 Å². The molecule has 4 nitrogen and oxygen atoms in total.